The van der Waals surface area contributed by atoms with E-state index in [1.54, 1.807) is 0 Å². The van der Waals surface area contributed by atoms with Gasteiger partial charge < -0.3 is 4.90 Å². The van der Waals surface area contributed by atoms with Crippen molar-refractivity contribution in [2.45, 2.75) is 32.6 Å². The molecule has 1 saturated heterocycles. The van der Waals surface area contributed by atoms with Crippen molar-refractivity contribution in [2.24, 2.45) is 0 Å². The summed E-state index contributed by atoms with van der Waals surface area (Å²) in [5, 5.41) is 0. The van der Waals surface area contributed by atoms with Crippen molar-refractivity contribution in [3.63, 3.8) is 0 Å². The quantitative estimate of drug-likeness (QED) is 0.731. The average molecular weight is 215 g/mol. The molecule has 1 nitrogen and oxygen atoms in total. The fourth-order valence-corrected chi connectivity index (χ4v) is 2.33. The molecular weight excluding hydrogens is 194 g/mol. The van der Waals surface area contributed by atoms with Crippen LogP contribution in [-0.4, -0.2) is 13.1 Å². The van der Waals surface area contributed by atoms with Gasteiger partial charge in [-0.05, 0) is 42.5 Å². The Morgan fingerprint density at radius 2 is 1.81 bits per heavy atom. The van der Waals surface area contributed by atoms with Crippen LogP contribution < -0.4 is 4.90 Å². The third-order valence-electron chi connectivity index (χ3n) is 3.30. The molecule has 1 aromatic carbocycles. The van der Waals surface area contributed by atoms with E-state index in [9.17, 15) is 0 Å². The average Bonchev–Trinajstić information content (AvgIpc) is 2.83. The molecule has 1 aliphatic rings. The Bertz CT molecular complexity index is 344. The number of rotatable bonds is 4. The molecule has 86 valence electrons. The molecule has 1 aliphatic heterocycles. The third-order valence-corrected chi connectivity index (χ3v) is 3.30. The molecule has 0 spiro atoms. The molecule has 0 unspecified atom stereocenters. The largest absolute Gasteiger partial charge is 0.372 e. The van der Waals surface area contributed by atoms with E-state index < -0.39 is 0 Å². The van der Waals surface area contributed by atoms with Crippen molar-refractivity contribution in [2.75, 3.05) is 18.0 Å². The van der Waals surface area contributed by atoms with E-state index in [4.69, 9.17) is 0 Å². The minimum atomic E-state index is 1.10. The Hall–Kier alpha value is -1.24. The first-order valence-corrected chi connectivity index (χ1v) is 6.34. The topological polar surface area (TPSA) is 3.24 Å². The molecule has 0 bridgehead atoms. The van der Waals surface area contributed by atoms with Crippen LogP contribution in [0.2, 0.25) is 0 Å². The van der Waals surface area contributed by atoms with E-state index in [1.165, 1.54) is 49.2 Å². The summed E-state index contributed by atoms with van der Waals surface area (Å²) in [7, 11) is 0. The van der Waals surface area contributed by atoms with Crippen LogP contribution in [0.5, 0.6) is 0 Å². The minimum Gasteiger partial charge on any atom is -0.372 e. The summed E-state index contributed by atoms with van der Waals surface area (Å²) >= 11 is 0. The Kier molecular flexibility index (Phi) is 3.66. The molecule has 0 N–H and O–H groups in total. The monoisotopic (exact) mass is 215 g/mol. The summed E-state index contributed by atoms with van der Waals surface area (Å²) < 4.78 is 0. The van der Waals surface area contributed by atoms with Crippen LogP contribution in [0.1, 0.15) is 38.2 Å². The van der Waals surface area contributed by atoms with Crippen LogP contribution >= 0.6 is 0 Å². The van der Waals surface area contributed by atoms with E-state index in [2.05, 4.69) is 42.7 Å². The fourth-order valence-electron chi connectivity index (χ4n) is 2.33. The fraction of sp³-hybridized carbons (Fsp3) is 0.467. The van der Waals surface area contributed by atoms with Gasteiger partial charge in [0.05, 0.1) is 0 Å². The van der Waals surface area contributed by atoms with E-state index >= 15 is 0 Å². The van der Waals surface area contributed by atoms with Crippen molar-refractivity contribution in [1.82, 2.24) is 0 Å². The molecule has 1 aromatic rings. The molecule has 1 heterocycles. The van der Waals surface area contributed by atoms with Gasteiger partial charge in [-0.1, -0.05) is 32.1 Å². The van der Waals surface area contributed by atoms with Gasteiger partial charge in [-0.25, -0.2) is 0 Å². The molecule has 1 fully saturated rings. The summed E-state index contributed by atoms with van der Waals surface area (Å²) in [5.41, 5.74) is 3.92. The van der Waals surface area contributed by atoms with Gasteiger partial charge in [-0.2, -0.15) is 0 Å². The van der Waals surface area contributed by atoms with E-state index in [-0.39, 0.29) is 0 Å². The highest BCUT2D eigenvalue weighted by atomic mass is 15.1. The van der Waals surface area contributed by atoms with Crippen molar-refractivity contribution >= 4 is 11.3 Å². The van der Waals surface area contributed by atoms with Gasteiger partial charge in [-0.15, -0.1) is 0 Å². The molecule has 0 amide bonds. The number of hydrogen-bond donors (Lipinski definition) is 0. The van der Waals surface area contributed by atoms with Gasteiger partial charge in [0.1, 0.15) is 0 Å². The molecule has 1 heteroatoms. The Morgan fingerprint density at radius 1 is 1.19 bits per heavy atom. The zero-order valence-corrected chi connectivity index (χ0v) is 10.2. The first kappa shape index (κ1) is 11.3. The van der Waals surface area contributed by atoms with Crippen molar-refractivity contribution in [1.29, 1.82) is 0 Å². The Morgan fingerprint density at radius 3 is 2.38 bits per heavy atom. The van der Waals surface area contributed by atoms with Crippen LogP contribution in [0.15, 0.2) is 30.8 Å². The highest BCUT2D eigenvalue weighted by Crippen LogP contribution is 2.24. The molecule has 16 heavy (non-hydrogen) atoms. The summed E-state index contributed by atoms with van der Waals surface area (Å²) in [5.74, 6) is 0. The van der Waals surface area contributed by atoms with Crippen molar-refractivity contribution < 1.29 is 0 Å². The molecular formula is C15H21N. The normalized spacial score (nSPS) is 15.4. The van der Waals surface area contributed by atoms with E-state index in [0.29, 0.717) is 0 Å². The molecule has 0 radical (unpaired) electrons. The predicted molar refractivity (Wildman–Crippen MR) is 71.8 cm³/mol. The van der Waals surface area contributed by atoms with Crippen LogP contribution in [0.4, 0.5) is 5.69 Å². The molecule has 0 aromatic heterocycles. The second kappa shape index (κ2) is 5.20. The molecule has 0 saturated carbocycles. The smallest absolute Gasteiger partial charge is 0.0366 e. The predicted octanol–water partition coefficient (Wildman–Crippen LogP) is 4.10. The molecule has 0 aliphatic carbocycles. The third kappa shape index (κ3) is 2.46. The zero-order valence-electron chi connectivity index (χ0n) is 10.2. The van der Waals surface area contributed by atoms with E-state index in [1.807, 2.05) is 0 Å². The van der Waals surface area contributed by atoms with Crippen LogP contribution in [0.25, 0.3) is 5.57 Å². The number of allylic oxidation sites excluding steroid dienone is 1. The molecule has 0 atom stereocenters. The van der Waals surface area contributed by atoms with Gasteiger partial charge >= 0.3 is 0 Å². The SMILES string of the molecule is C=C(CCC)c1ccc(N2CCCC2)cc1. The summed E-state index contributed by atoms with van der Waals surface area (Å²) in [6.07, 6.45) is 4.95. The Labute approximate surface area is 98.8 Å². The number of benzene rings is 1. The van der Waals surface area contributed by atoms with Gasteiger partial charge in [0.25, 0.3) is 0 Å². The van der Waals surface area contributed by atoms with Gasteiger partial charge in [-0.3, -0.25) is 0 Å². The Balaban J connectivity index is 2.06. The summed E-state index contributed by atoms with van der Waals surface area (Å²) in [4.78, 5) is 2.46. The second-order valence-electron chi connectivity index (χ2n) is 4.59. The van der Waals surface area contributed by atoms with E-state index in [0.717, 1.165) is 6.42 Å². The minimum absolute atomic E-state index is 1.10. The lowest BCUT2D eigenvalue weighted by Crippen LogP contribution is -2.17. The maximum absolute atomic E-state index is 4.13. The first-order valence-electron chi connectivity index (χ1n) is 6.34. The summed E-state index contributed by atoms with van der Waals surface area (Å²) in [6, 6.07) is 8.90. The van der Waals surface area contributed by atoms with Gasteiger partial charge in [0.2, 0.25) is 0 Å². The standard InChI is InChI=1S/C15H21N/c1-3-6-13(2)14-7-9-15(10-8-14)16-11-4-5-12-16/h7-10H,2-6,11-12H2,1H3. The highest BCUT2D eigenvalue weighted by molar-refractivity contribution is 5.65. The second-order valence-corrected chi connectivity index (χ2v) is 4.59. The van der Waals surface area contributed by atoms with Crippen LogP contribution in [0, 0.1) is 0 Å². The number of hydrogen-bond acceptors (Lipinski definition) is 1. The lowest BCUT2D eigenvalue weighted by molar-refractivity contribution is 0.949. The highest BCUT2D eigenvalue weighted by Gasteiger charge is 2.11. The van der Waals surface area contributed by atoms with Crippen LogP contribution in [-0.2, 0) is 0 Å². The zero-order chi connectivity index (χ0) is 11.4. The first-order chi connectivity index (χ1) is 7.81. The molecule has 2 rings (SSSR count). The lowest BCUT2D eigenvalue weighted by Gasteiger charge is -2.18. The van der Waals surface area contributed by atoms with Crippen molar-refractivity contribution in [3.8, 4) is 0 Å². The lowest BCUT2D eigenvalue weighted by atomic mass is 10.0. The van der Waals surface area contributed by atoms with Crippen molar-refractivity contribution in [3.05, 3.63) is 36.4 Å². The van der Waals surface area contributed by atoms with Gasteiger partial charge in [0, 0.05) is 18.8 Å². The maximum atomic E-state index is 4.13. The number of nitrogens with zero attached hydrogens (tertiary/aromatic N) is 1. The van der Waals surface area contributed by atoms with Gasteiger partial charge in [0.15, 0.2) is 0 Å². The maximum Gasteiger partial charge on any atom is 0.0366 e. The summed E-state index contributed by atoms with van der Waals surface area (Å²) in [6.45, 7) is 8.76. The van der Waals surface area contributed by atoms with Crippen LogP contribution in [0.3, 0.4) is 0 Å². The number of anilines is 1.